The molecule has 0 saturated carbocycles. The van der Waals surface area contributed by atoms with Crippen LogP contribution < -0.4 is 18.9 Å². The molecule has 9 heteroatoms. The summed E-state index contributed by atoms with van der Waals surface area (Å²) in [7, 11) is 4.51. The summed E-state index contributed by atoms with van der Waals surface area (Å²) in [5, 5.41) is 0. The lowest BCUT2D eigenvalue weighted by Crippen LogP contribution is -2.27. The molecule has 3 atom stereocenters. The number of rotatable bonds is 9. The molecule has 0 radical (unpaired) electrons. The highest BCUT2D eigenvalue weighted by atomic mass is 16.6. The van der Waals surface area contributed by atoms with Crippen LogP contribution in [0.15, 0.2) is 36.4 Å². The number of ether oxygens (including phenoxy) is 6. The molecule has 3 rings (SSSR count). The van der Waals surface area contributed by atoms with Crippen molar-refractivity contribution in [1.29, 1.82) is 0 Å². The van der Waals surface area contributed by atoms with E-state index in [1.54, 1.807) is 36.4 Å². The fraction of sp³-hybridized carbons (Fsp3) is 0.400. The van der Waals surface area contributed by atoms with Gasteiger partial charge in [0.1, 0.15) is 6.10 Å². The largest absolute Gasteiger partial charge is 0.493 e. The molecule has 0 N–H and O–H groups in total. The van der Waals surface area contributed by atoms with Crippen molar-refractivity contribution in [2.75, 3.05) is 27.9 Å². The van der Waals surface area contributed by atoms with Gasteiger partial charge in [0.25, 0.3) is 0 Å². The molecular weight excluding hydrogens is 444 g/mol. The molecule has 1 aliphatic rings. The predicted molar refractivity (Wildman–Crippen MR) is 120 cm³/mol. The number of carbonyl (C=O) groups excluding carboxylic acids is 3. The van der Waals surface area contributed by atoms with E-state index in [2.05, 4.69) is 0 Å². The molecular formula is C25H28O9. The average molecular weight is 472 g/mol. The van der Waals surface area contributed by atoms with E-state index >= 15 is 0 Å². The maximum atomic E-state index is 12.7. The Labute approximate surface area is 197 Å². The van der Waals surface area contributed by atoms with Crippen molar-refractivity contribution in [2.24, 2.45) is 11.8 Å². The van der Waals surface area contributed by atoms with Crippen LogP contribution in [0.4, 0.5) is 0 Å². The van der Waals surface area contributed by atoms with Crippen molar-refractivity contribution in [3.05, 3.63) is 47.5 Å². The van der Waals surface area contributed by atoms with E-state index in [9.17, 15) is 14.4 Å². The minimum Gasteiger partial charge on any atom is -0.493 e. The van der Waals surface area contributed by atoms with Gasteiger partial charge in [-0.3, -0.25) is 14.4 Å². The molecule has 9 nitrogen and oxygen atoms in total. The summed E-state index contributed by atoms with van der Waals surface area (Å²) >= 11 is 0. The molecule has 34 heavy (non-hydrogen) atoms. The fourth-order valence-corrected chi connectivity index (χ4v) is 4.05. The Hall–Kier alpha value is -3.75. The monoisotopic (exact) mass is 472 g/mol. The van der Waals surface area contributed by atoms with Crippen LogP contribution >= 0.6 is 0 Å². The molecule has 0 amide bonds. The number of cyclic esters (lactones) is 1. The van der Waals surface area contributed by atoms with Crippen molar-refractivity contribution in [3.63, 3.8) is 0 Å². The summed E-state index contributed by atoms with van der Waals surface area (Å²) in [6, 6.07) is 10.3. The van der Waals surface area contributed by atoms with Crippen LogP contribution in [0.3, 0.4) is 0 Å². The number of carbonyl (C=O) groups is 3. The van der Waals surface area contributed by atoms with Crippen LogP contribution in [0.2, 0.25) is 0 Å². The third kappa shape index (κ3) is 5.59. The van der Waals surface area contributed by atoms with Crippen LogP contribution in [0.25, 0.3) is 0 Å². The molecule has 0 unspecified atom stereocenters. The fourth-order valence-electron chi connectivity index (χ4n) is 4.05. The second-order valence-electron chi connectivity index (χ2n) is 7.83. The predicted octanol–water partition coefficient (Wildman–Crippen LogP) is 3.27. The van der Waals surface area contributed by atoms with E-state index in [0.717, 1.165) is 5.56 Å². The van der Waals surface area contributed by atoms with Gasteiger partial charge in [-0.05, 0) is 41.8 Å². The Balaban J connectivity index is 1.93. The van der Waals surface area contributed by atoms with E-state index in [-0.39, 0.29) is 18.3 Å². The second kappa shape index (κ2) is 10.9. The zero-order chi connectivity index (χ0) is 24.8. The lowest BCUT2D eigenvalue weighted by molar-refractivity contribution is -0.151. The molecule has 0 spiro atoms. The quantitative estimate of drug-likeness (QED) is 0.401. The van der Waals surface area contributed by atoms with E-state index in [1.165, 1.54) is 35.2 Å². The second-order valence-corrected chi connectivity index (χ2v) is 7.83. The van der Waals surface area contributed by atoms with Gasteiger partial charge >= 0.3 is 17.9 Å². The van der Waals surface area contributed by atoms with Crippen molar-refractivity contribution in [2.45, 2.75) is 26.4 Å². The first-order chi connectivity index (χ1) is 16.3. The summed E-state index contributed by atoms with van der Waals surface area (Å²) in [4.78, 5) is 36.0. The van der Waals surface area contributed by atoms with Crippen LogP contribution in [-0.2, 0) is 30.3 Å². The van der Waals surface area contributed by atoms with E-state index in [4.69, 9.17) is 28.4 Å². The molecule has 1 saturated heterocycles. The van der Waals surface area contributed by atoms with E-state index < -0.39 is 29.9 Å². The highest BCUT2D eigenvalue weighted by Gasteiger charge is 2.44. The van der Waals surface area contributed by atoms with Gasteiger partial charge < -0.3 is 28.4 Å². The van der Waals surface area contributed by atoms with Crippen molar-refractivity contribution in [3.8, 4) is 23.0 Å². The van der Waals surface area contributed by atoms with Crippen LogP contribution in [0.5, 0.6) is 23.0 Å². The first-order valence-electron chi connectivity index (χ1n) is 10.7. The maximum Gasteiger partial charge on any atom is 0.309 e. The smallest absolute Gasteiger partial charge is 0.309 e. The van der Waals surface area contributed by atoms with Gasteiger partial charge in [-0.25, -0.2) is 0 Å². The zero-order valence-electron chi connectivity index (χ0n) is 19.8. The third-order valence-corrected chi connectivity index (χ3v) is 5.59. The average Bonchev–Trinajstić information content (AvgIpc) is 3.17. The molecule has 0 aliphatic carbocycles. The number of benzene rings is 2. The number of hydrogen-bond acceptors (Lipinski definition) is 9. The Morgan fingerprint density at radius 3 is 2.18 bits per heavy atom. The number of methoxy groups -OCH3 is 3. The topological polar surface area (TPSA) is 107 Å². The van der Waals surface area contributed by atoms with Crippen LogP contribution in [0, 0.1) is 11.8 Å². The lowest BCUT2D eigenvalue weighted by Gasteiger charge is -2.26. The highest BCUT2D eigenvalue weighted by molar-refractivity contribution is 5.76. The molecule has 2 aromatic carbocycles. The summed E-state index contributed by atoms with van der Waals surface area (Å²) in [6.07, 6.45) is -0.429. The van der Waals surface area contributed by atoms with Crippen molar-refractivity contribution >= 4 is 17.9 Å². The summed E-state index contributed by atoms with van der Waals surface area (Å²) in [5.74, 6) is -0.691. The van der Waals surface area contributed by atoms with E-state index in [1.807, 2.05) is 0 Å². The highest BCUT2D eigenvalue weighted by Crippen LogP contribution is 2.41. The Morgan fingerprint density at radius 2 is 1.56 bits per heavy atom. The first kappa shape index (κ1) is 24.9. The molecule has 1 aliphatic heterocycles. The van der Waals surface area contributed by atoms with Gasteiger partial charge in [-0.1, -0.05) is 12.1 Å². The minimum absolute atomic E-state index is 0.0957. The Morgan fingerprint density at radius 1 is 0.912 bits per heavy atom. The Bertz CT molecular complexity index is 1060. The normalized spacial score (nSPS) is 18.0. The SMILES string of the molecule is COc1ccc([C@H](OC(C)=O)[C@H]2COC(=O)[C@@H]2Cc2ccc(OC(C)=O)c(OC)c2)cc1OC. The van der Waals surface area contributed by atoms with E-state index in [0.29, 0.717) is 29.2 Å². The number of esters is 3. The zero-order valence-corrected chi connectivity index (χ0v) is 19.8. The van der Waals surface area contributed by atoms with Gasteiger partial charge in [0.2, 0.25) is 0 Å². The standard InChI is InChI=1S/C25H28O9/c1-14(26)33-21-8-6-16(11-22(21)30-4)10-18-19(13-32-25(18)28)24(34-15(2)27)17-7-9-20(29-3)23(12-17)31-5/h6-9,11-12,18-19,24H,10,13H2,1-5H3/t18-,19+,24+/m1/s1. The summed E-state index contributed by atoms with van der Waals surface area (Å²) < 4.78 is 32.2. The molecule has 2 aromatic rings. The molecule has 182 valence electrons. The third-order valence-electron chi connectivity index (χ3n) is 5.59. The summed E-state index contributed by atoms with van der Waals surface area (Å²) in [6.45, 7) is 2.72. The maximum absolute atomic E-state index is 12.7. The lowest BCUT2D eigenvalue weighted by atomic mass is 9.82. The van der Waals surface area contributed by atoms with Gasteiger partial charge in [-0.2, -0.15) is 0 Å². The van der Waals surface area contributed by atoms with Crippen LogP contribution in [0.1, 0.15) is 31.1 Å². The molecule has 0 aromatic heterocycles. The van der Waals surface area contributed by atoms with Gasteiger partial charge in [-0.15, -0.1) is 0 Å². The van der Waals surface area contributed by atoms with Crippen molar-refractivity contribution < 1.29 is 42.8 Å². The summed E-state index contributed by atoms with van der Waals surface area (Å²) in [5.41, 5.74) is 1.43. The molecule has 1 heterocycles. The molecule has 0 bridgehead atoms. The van der Waals surface area contributed by atoms with Gasteiger partial charge in [0, 0.05) is 19.8 Å². The van der Waals surface area contributed by atoms with Crippen molar-refractivity contribution in [1.82, 2.24) is 0 Å². The minimum atomic E-state index is -0.740. The Kier molecular flexibility index (Phi) is 7.99. The van der Waals surface area contributed by atoms with Crippen LogP contribution in [-0.4, -0.2) is 45.8 Å². The van der Waals surface area contributed by atoms with Gasteiger partial charge in [0.15, 0.2) is 23.0 Å². The van der Waals surface area contributed by atoms with Gasteiger partial charge in [0.05, 0.1) is 33.9 Å². The first-order valence-corrected chi connectivity index (χ1v) is 10.7. The number of hydrogen-bond donors (Lipinski definition) is 0. The molecule has 1 fully saturated rings.